The lowest BCUT2D eigenvalue weighted by molar-refractivity contribution is -0.121. The van der Waals surface area contributed by atoms with Gasteiger partial charge in [-0.25, -0.2) is 0 Å². The van der Waals surface area contributed by atoms with Gasteiger partial charge in [0.05, 0.1) is 7.11 Å². The highest BCUT2D eigenvalue weighted by atomic mass is 32.1. The molecule has 0 unspecified atom stereocenters. The van der Waals surface area contributed by atoms with Crippen LogP contribution in [0.25, 0.3) is 4.96 Å². The zero-order chi connectivity index (χ0) is 16.1. The third kappa shape index (κ3) is 4.04. The number of hydrogen-bond acceptors (Lipinski definition) is 6. The minimum atomic E-state index is 0.0378. The van der Waals surface area contributed by atoms with Crippen LogP contribution in [0.1, 0.15) is 17.0 Å². The Labute approximate surface area is 137 Å². The van der Waals surface area contributed by atoms with E-state index in [0.29, 0.717) is 25.8 Å². The van der Waals surface area contributed by atoms with Gasteiger partial charge in [0, 0.05) is 19.4 Å². The molecule has 1 N–H and O–H groups in total. The van der Waals surface area contributed by atoms with Gasteiger partial charge in [0.2, 0.25) is 10.9 Å². The molecule has 0 spiro atoms. The Hall–Kier alpha value is -2.48. The second-order valence-corrected chi connectivity index (χ2v) is 6.05. The Morgan fingerprint density at radius 3 is 3.13 bits per heavy atom. The number of aryl methyl sites for hydroxylation is 1. The number of aromatic nitrogens is 4. The minimum absolute atomic E-state index is 0.0378. The number of fused-ring (bicyclic) bond motifs is 1. The average Bonchev–Trinajstić information content (AvgIpc) is 3.14. The second-order valence-electron chi connectivity index (χ2n) is 5.01. The maximum atomic E-state index is 11.9. The largest absolute Gasteiger partial charge is 0.497 e. The topological polar surface area (TPSA) is 81.4 Å². The molecule has 0 fully saturated rings. The van der Waals surface area contributed by atoms with Gasteiger partial charge in [-0.3, -0.25) is 4.79 Å². The van der Waals surface area contributed by atoms with Crippen LogP contribution in [-0.4, -0.2) is 39.4 Å². The lowest BCUT2D eigenvalue weighted by Crippen LogP contribution is -2.25. The van der Waals surface area contributed by atoms with Crippen molar-refractivity contribution in [2.45, 2.75) is 19.3 Å². The summed E-state index contributed by atoms with van der Waals surface area (Å²) in [4.78, 5) is 12.7. The van der Waals surface area contributed by atoms with Crippen molar-refractivity contribution in [3.05, 3.63) is 41.2 Å². The van der Waals surface area contributed by atoms with E-state index < -0.39 is 0 Å². The molecule has 1 amide bonds. The summed E-state index contributed by atoms with van der Waals surface area (Å²) in [6, 6.07) is 7.77. The predicted molar refractivity (Wildman–Crippen MR) is 86.7 cm³/mol. The summed E-state index contributed by atoms with van der Waals surface area (Å²) in [5.41, 5.74) is 1.09. The van der Waals surface area contributed by atoms with Gasteiger partial charge in [-0.2, -0.15) is 9.61 Å². The van der Waals surface area contributed by atoms with Crippen LogP contribution in [0.5, 0.6) is 5.75 Å². The smallest absolute Gasteiger partial charge is 0.234 e. The third-order valence-corrected chi connectivity index (χ3v) is 4.34. The monoisotopic (exact) mass is 331 g/mol. The van der Waals surface area contributed by atoms with E-state index in [9.17, 15) is 4.79 Å². The standard InChI is InChI=1S/C15H17N5O2S/c1-22-12-4-2-3-11(9-12)5-6-13(21)16-8-7-14-19-20-10-17-18-15(20)23-14/h2-4,9-10H,5-8H2,1H3,(H,16,21). The number of carbonyl (C=O) groups excluding carboxylic acids is 1. The molecule has 0 saturated carbocycles. The van der Waals surface area contributed by atoms with E-state index in [1.54, 1.807) is 18.0 Å². The molecule has 3 aromatic rings. The summed E-state index contributed by atoms with van der Waals surface area (Å²) in [7, 11) is 1.64. The van der Waals surface area contributed by atoms with E-state index in [1.807, 2.05) is 24.3 Å². The fourth-order valence-electron chi connectivity index (χ4n) is 2.19. The van der Waals surface area contributed by atoms with Crippen molar-refractivity contribution in [3.8, 4) is 5.75 Å². The molecule has 3 rings (SSSR count). The maximum absolute atomic E-state index is 11.9. The highest BCUT2D eigenvalue weighted by Gasteiger charge is 2.07. The quantitative estimate of drug-likeness (QED) is 0.709. The molecule has 0 aliphatic carbocycles. The molecule has 1 aromatic carbocycles. The molecule has 0 bridgehead atoms. The number of amides is 1. The summed E-state index contributed by atoms with van der Waals surface area (Å²) in [5.74, 6) is 0.849. The van der Waals surface area contributed by atoms with Gasteiger partial charge in [0.15, 0.2) is 0 Å². The molecular weight excluding hydrogens is 314 g/mol. The summed E-state index contributed by atoms with van der Waals surface area (Å²) in [5, 5.41) is 15.9. The Kier molecular flexibility index (Phi) is 4.82. The Balaban J connectivity index is 1.41. The Bertz CT molecular complexity index is 769. The molecule has 0 atom stereocenters. The average molecular weight is 331 g/mol. The highest BCUT2D eigenvalue weighted by molar-refractivity contribution is 7.16. The zero-order valence-electron chi connectivity index (χ0n) is 12.7. The van der Waals surface area contributed by atoms with Gasteiger partial charge in [-0.1, -0.05) is 23.5 Å². The SMILES string of the molecule is COc1cccc(CCC(=O)NCCc2nn3cnnc3s2)c1. The van der Waals surface area contributed by atoms with Crippen molar-refractivity contribution in [2.75, 3.05) is 13.7 Å². The first-order valence-corrected chi connectivity index (χ1v) is 8.11. The number of hydrogen-bond donors (Lipinski definition) is 1. The number of benzene rings is 1. The van der Waals surface area contributed by atoms with E-state index in [-0.39, 0.29) is 5.91 Å². The lowest BCUT2D eigenvalue weighted by Gasteiger charge is -2.05. The lowest BCUT2D eigenvalue weighted by atomic mass is 10.1. The number of rotatable bonds is 7. The van der Waals surface area contributed by atoms with Gasteiger partial charge < -0.3 is 10.1 Å². The first kappa shape index (κ1) is 15.4. The second kappa shape index (κ2) is 7.19. The van der Waals surface area contributed by atoms with Crippen LogP contribution >= 0.6 is 11.3 Å². The van der Waals surface area contributed by atoms with E-state index >= 15 is 0 Å². The maximum Gasteiger partial charge on any atom is 0.234 e. The third-order valence-electron chi connectivity index (χ3n) is 3.36. The fraction of sp³-hybridized carbons (Fsp3) is 0.333. The van der Waals surface area contributed by atoms with Crippen molar-refractivity contribution < 1.29 is 9.53 Å². The molecule has 7 nitrogen and oxygen atoms in total. The first-order valence-electron chi connectivity index (χ1n) is 7.30. The Morgan fingerprint density at radius 2 is 2.30 bits per heavy atom. The number of methoxy groups -OCH3 is 1. The molecule has 2 aromatic heterocycles. The van der Waals surface area contributed by atoms with Crippen LogP contribution in [0.4, 0.5) is 0 Å². The van der Waals surface area contributed by atoms with E-state index in [1.165, 1.54) is 11.3 Å². The van der Waals surface area contributed by atoms with Crippen LogP contribution in [0, 0.1) is 0 Å². The van der Waals surface area contributed by atoms with Gasteiger partial charge >= 0.3 is 0 Å². The van der Waals surface area contributed by atoms with E-state index in [4.69, 9.17) is 4.74 Å². The highest BCUT2D eigenvalue weighted by Crippen LogP contribution is 2.14. The molecule has 2 heterocycles. The van der Waals surface area contributed by atoms with Gasteiger partial charge in [0.1, 0.15) is 17.1 Å². The summed E-state index contributed by atoms with van der Waals surface area (Å²) >= 11 is 1.48. The zero-order valence-corrected chi connectivity index (χ0v) is 13.5. The summed E-state index contributed by atoms with van der Waals surface area (Å²) < 4.78 is 6.82. The summed E-state index contributed by atoms with van der Waals surface area (Å²) in [6.45, 7) is 0.570. The van der Waals surface area contributed by atoms with Crippen LogP contribution in [0.15, 0.2) is 30.6 Å². The molecule has 8 heteroatoms. The van der Waals surface area contributed by atoms with Gasteiger partial charge in [-0.05, 0) is 24.1 Å². The van der Waals surface area contributed by atoms with Crippen LogP contribution in [0.3, 0.4) is 0 Å². The van der Waals surface area contributed by atoms with E-state index in [2.05, 4.69) is 20.6 Å². The summed E-state index contributed by atoms with van der Waals surface area (Å²) in [6.07, 6.45) is 3.42. The minimum Gasteiger partial charge on any atom is -0.497 e. The molecule has 120 valence electrons. The Morgan fingerprint density at radius 1 is 1.39 bits per heavy atom. The fourth-order valence-corrected chi connectivity index (χ4v) is 3.00. The molecular formula is C15H17N5O2S. The molecule has 0 aliphatic rings. The molecule has 23 heavy (non-hydrogen) atoms. The number of carbonyl (C=O) groups is 1. The van der Waals surface area contributed by atoms with Crippen LogP contribution in [0.2, 0.25) is 0 Å². The normalized spacial score (nSPS) is 10.8. The van der Waals surface area contributed by atoms with Crippen LogP contribution in [-0.2, 0) is 17.6 Å². The van der Waals surface area contributed by atoms with Crippen molar-refractivity contribution in [2.24, 2.45) is 0 Å². The number of nitrogens with one attached hydrogen (secondary N) is 1. The molecule has 0 saturated heterocycles. The number of nitrogens with zero attached hydrogens (tertiary/aromatic N) is 4. The van der Waals surface area contributed by atoms with Crippen molar-refractivity contribution in [1.29, 1.82) is 0 Å². The predicted octanol–water partition coefficient (Wildman–Crippen LogP) is 1.49. The molecule has 0 radical (unpaired) electrons. The molecule has 0 aliphatic heterocycles. The van der Waals surface area contributed by atoms with Crippen molar-refractivity contribution >= 4 is 22.2 Å². The van der Waals surface area contributed by atoms with E-state index in [0.717, 1.165) is 21.3 Å². The van der Waals surface area contributed by atoms with Crippen molar-refractivity contribution in [3.63, 3.8) is 0 Å². The van der Waals surface area contributed by atoms with Crippen LogP contribution < -0.4 is 10.1 Å². The van der Waals surface area contributed by atoms with Crippen molar-refractivity contribution in [1.82, 2.24) is 25.1 Å². The number of ether oxygens (including phenoxy) is 1. The first-order chi connectivity index (χ1) is 11.2. The van der Waals surface area contributed by atoms with Gasteiger partial charge in [-0.15, -0.1) is 10.2 Å². The van der Waals surface area contributed by atoms with Gasteiger partial charge in [0.25, 0.3) is 0 Å².